The predicted molar refractivity (Wildman–Crippen MR) is 198 cm³/mol. The Balaban J connectivity index is 1.17. The molecule has 0 N–H and O–H groups in total. The van der Waals surface area contributed by atoms with Crippen LogP contribution in [0.15, 0.2) is 180 Å². The van der Waals surface area contributed by atoms with E-state index in [0.717, 1.165) is 67.6 Å². The molecule has 3 heterocycles. The van der Waals surface area contributed by atoms with Gasteiger partial charge in [-0.1, -0.05) is 109 Å². The van der Waals surface area contributed by atoms with Crippen LogP contribution in [-0.4, -0.2) is 21.4 Å². The molecule has 0 bridgehead atoms. The molecule has 0 amide bonds. The standard InChI is InChI=1S/C44H28N4/c1-3-11-31-25-35(21-19-29(31)9-1)33-13-5-15-37(27-33)41-43-39(17-7-23-45-43)48-42(44-40(47-41)18-8-24-46-44)38-16-6-14-34(28-38)36-22-20-30-10-2-4-12-32(30)26-36/h1-28H/b43-41?,44-42?,47-40?,47-41-,48-39?,48-42-. The number of aromatic nitrogens is 2. The number of nitrogens with zero attached hydrogens (tertiary/aromatic N) is 4. The summed E-state index contributed by atoms with van der Waals surface area (Å²) in [6.45, 7) is 0. The highest BCUT2D eigenvalue weighted by Gasteiger charge is 2.22. The third-order valence-electron chi connectivity index (χ3n) is 8.92. The molecule has 1 aliphatic heterocycles. The molecule has 0 saturated heterocycles. The summed E-state index contributed by atoms with van der Waals surface area (Å²) in [6, 6.07) is 55.0. The van der Waals surface area contributed by atoms with Gasteiger partial charge in [-0.15, -0.1) is 0 Å². The second-order valence-corrected chi connectivity index (χ2v) is 11.9. The first-order valence-electron chi connectivity index (χ1n) is 16.0. The Labute approximate surface area is 278 Å². The molecule has 0 atom stereocenters. The van der Waals surface area contributed by atoms with Gasteiger partial charge in [0.25, 0.3) is 0 Å². The number of hydrogen-bond acceptors (Lipinski definition) is 4. The molecular formula is C44H28N4. The molecule has 0 saturated carbocycles. The van der Waals surface area contributed by atoms with Crippen LogP contribution in [0, 0.1) is 0 Å². The lowest BCUT2D eigenvalue weighted by molar-refractivity contribution is 1.22. The van der Waals surface area contributed by atoms with Crippen LogP contribution in [0.3, 0.4) is 0 Å². The van der Waals surface area contributed by atoms with E-state index in [-0.39, 0.29) is 0 Å². The minimum absolute atomic E-state index is 0.728. The third-order valence-corrected chi connectivity index (χ3v) is 8.92. The molecule has 0 spiro atoms. The summed E-state index contributed by atoms with van der Waals surface area (Å²) in [5.74, 6) is 0. The van der Waals surface area contributed by atoms with Gasteiger partial charge < -0.3 is 0 Å². The van der Waals surface area contributed by atoms with Crippen LogP contribution in [0.4, 0.5) is 11.4 Å². The lowest BCUT2D eigenvalue weighted by Gasteiger charge is -2.17. The molecule has 4 heteroatoms. The summed E-state index contributed by atoms with van der Waals surface area (Å²) in [5.41, 5.74) is 10.9. The number of benzene rings is 6. The Kier molecular flexibility index (Phi) is 6.76. The van der Waals surface area contributed by atoms with Crippen molar-refractivity contribution >= 4 is 44.3 Å². The second-order valence-electron chi connectivity index (χ2n) is 11.9. The highest BCUT2D eigenvalue weighted by molar-refractivity contribution is 6.21. The van der Waals surface area contributed by atoms with E-state index in [0.29, 0.717) is 0 Å². The number of rotatable bonds is 4. The van der Waals surface area contributed by atoms with Crippen molar-refractivity contribution in [3.63, 3.8) is 0 Å². The van der Waals surface area contributed by atoms with Crippen LogP contribution in [0.2, 0.25) is 0 Å². The predicted octanol–water partition coefficient (Wildman–Crippen LogP) is 10.8. The van der Waals surface area contributed by atoms with Gasteiger partial charge in [0.15, 0.2) is 0 Å². The zero-order valence-electron chi connectivity index (χ0n) is 26.0. The number of pyridine rings is 2. The first kappa shape index (κ1) is 27.8. The normalized spacial score (nSPS) is 14.6. The summed E-state index contributed by atoms with van der Waals surface area (Å²) < 4.78 is 0. The van der Waals surface area contributed by atoms with Gasteiger partial charge in [0, 0.05) is 23.5 Å². The number of fused-ring (bicyclic) bond motifs is 4. The first-order valence-corrected chi connectivity index (χ1v) is 16.0. The molecule has 48 heavy (non-hydrogen) atoms. The Bertz CT molecular complexity index is 2400. The SMILES string of the molecule is c1cc(/C2=N/c3cccnc3/C(c3cccc(-c4ccc5ccccc5c4)c3)=N\c3cccnc32)cc(-c2ccc3ccccc3c2)c1. The van der Waals surface area contributed by atoms with E-state index in [1.54, 1.807) is 0 Å². The van der Waals surface area contributed by atoms with E-state index in [1.807, 2.05) is 36.7 Å². The minimum Gasteiger partial charge on any atom is -0.252 e. The minimum atomic E-state index is 0.728. The van der Waals surface area contributed by atoms with Crippen molar-refractivity contribution in [3.05, 3.63) is 193 Å². The lowest BCUT2D eigenvalue weighted by Crippen LogP contribution is -2.12. The molecule has 8 aromatic rings. The molecule has 0 fully saturated rings. The van der Waals surface area contributed by atoms with Crippen LogP contribution in [0.5, 0.6) is 0 Å². The van der Waals surface area contributed by atoms with E-state index < -0.39 is 0 Å². The summed E-state index contributed by atoms with van der Waals surface area (Å²) in [5, 5.41) is 4.87. The Morgan fingerprint density at radius 2 is 0.708 bits per heavy atom. The van der Waals surface area contributed by atoms with Crippen molar-refractivity contribution in [2.75, 3.05) is 0 Å². The van der Waals surface area contributed by atoms with Gasteiger partial charge in [-0.3, -0.25) is 9.97 Å². The summed E-state index contributed by atoms with van der Waals surface area (Å²) in [4.78, 5) is 20.3. The maximum absolute atomic E-state index is 5.30. The van der Waals surface area contributed by atoms with Gasteiger partial charge in [0.2, 0.25) is 0 Å². The van der Waals surface area contributed by atoms with Gasteiger partial charge in [0.05, 0.1) is 22.8 Å². The summed E-state index contributed by atoms with van der Waals surface area (Å²) in [6.07, 6.45) is 3.62. The average Bonchev–Trinajstić information content (AvgIpc) is 3.15. The highest BCUT2D eigenvalue weighted by atomic mass is 14.9. The topological polar surface area (TPSA) is 50.5 Å². The Morgan fingerprint density at radius 1 is 0.292 bits per heavy atom. The Morgan fingerprint density at radius 3 is 1.19 bits per heavy atom. The Hall–Kier alpha value is -6.52. The number of aliphatic imine (C=N–C) groups is 2. The average molecular weight is 613 g/mol. The molecular weight excluding hydrogens is 585 g/mol. The van der Waals surface area contributed by atoms with E-state index in [1.165, 1.54) is 21.5 Å². The van der Waals surface area contributed by atoms with Crippen LogP contribution in [0.25, 0.3) is 43.8 Å². The van der Waals surface area contributed by atoms with Crippen LogP contribution in [-0.2, 0) is 0 Å². The highest BCUT2D eigenvalue weighted by Crippen LogP contribution is 2.34. The third kappa shape index (κ3) is 5.06. The van der Waals surface area contributed by atoms with Gasteiger partial charge in [-0.25, -0.2) is 9.98 Å². The van der Waals surface area contributed by atoms with Crippen LogP contribution >= 0.6 is 0 Å². The molecule has 0 unspecified atom stereocenters. The van der Waals surface area contributed by atoms with Gasteiger partial charge >= 0.3 is 0 Å². The van der Waals surface area contributed by atoms with Gasteiger partial charge in [-0.05, 0) is 92.3 Å². The van der Waals surface area contributed by atoms with Crippen LogP contribution in [0.1, 0.15) is 22.5 Å². The number of hydrogen-bond donors (Lipinski definition) is 0. The zero-order valence-corrected chi connectivity index (χ0v) is 26.0. The van der Waals surface area contributed by atoms with E-state index in [4.69, 9.17) is 20.0 Å². The van der Waals surface area contributed by atoms with Crippen molar-refractivity contribution in [2.45, 2.75) is 0 Å². The molecule has 0 aliphatic carbocycles. The molecule has 1 aliphatic rings. The molecule has 4 nitrogen and oxygen atoms in total. The van der Waals surface area contributed by atoms with E-state index in [2.05, 4.69) is 133 Å². The zero-order chi connectivity index (χ0) is 31.9. The molecule has 0 radical (unpaired) electrons. The molecule has 224 valence electrons. The van der Waals surface area contributed by atoms with Crippen molar-refractivity contribution in [1.82, 2.24) is 9.97 Å². The maximum Gasteiger partial charge on any atom is 0.115 e. The fourth-order valence-electron chi connectivity index (χ4n) is 6.52. The second kappa shape index (κ2) is 11.7. The fraction of sp³-hybridized carbons (Fsp3) is 0. The van der Waals surface area contributed by atoms with Crippen molar-refractivity contribution < 1.29 is 0 Å². The van der Waals surface area contributed by atoms with Crippen LogP contribution < -0.4 is 0 Å². The lowest BCUT2D eigenvalue weighted by atomic mass is 9.95. The maximum atomic E-state index is 5.30. The molecule has 6 aromatic carbocycles. The smallest absolute Gasteiger partial charge is 0.115 e. The monoisotopic (exact) mass is 612 g/mol. The molecule has 2 aromatic heterocycles. The quantitative estimate of drug-likeness (QED) is 0.199. The fourth-order valence-corrected chi connectivity index (χ4v) is 6.52. The van der Waals surface area contributed by atoms with Crippen molar-refractivity contribution in [1.29, 1.82) is 0 Å². The molecule has 9 rings (SSSR count). The first-order chi connectivity index (χ1) is 23.8. The van der Waals surface area contributed by atoms with Crippen molar-refractivity contribution in [3.8, 4) is 22.3 Å². The van der Waals surface area contributed by atoms with E-state index in [9.17, 15) is 0 Å². The van der Waals surface area contributed by atoms with E-state index >= 15 is 0 Å². The largest absolute Gasteiger partial charge is 0.252 e. The van der Waals surface area contributed by atoms with Gasteiger partial charge in [-0.2, -0.15) is 0 Å². The van der Waals surface area contributed by atoms with Crippen molar-refractivity contribution in [2.24, 2.45) is 9.98 Å². The van der Waals surface area contributed by atoms with Gasteiger partial charge in [0.1, 0.15) is 11.4 Å². The summed E-state index contributed by atoms with van der Waals surface area (Å²) in [7, 11) is 0. The summed E-state index contributed by atoms with van der Waals surface area (Å²) >= 11 is 0.